The fourth-order valence-corrected chi connectivity index (χ4v) is 3.26. The first-order valence-electron chi connectivity index (χ1n) is 6.26. The Morgan fingerprint density at radius 2 is 1.95 bits per heavy atom. The van der Waals surface area contributed by atoms with Gasteiger partial charge in [-0.1, -0.05) is 24.4 Å². The highest BCUT2D eigenvalue weighted by atomic mass is 79.9. The lowest BCUT2D eigenvalue weighted by atomic mass is 9.86. The average molecular weight is 349 g/mol. The number of Topliss-reactive ketones (excluding diaryl/α,β-unsaturated/α-hetero) is 1. The molecule has 0 radical (unpaired) electrons. The molecule has 19 heavy (non-hydrogen) atoms. The molecule has 1 saturated carbocycles. The lowest BCUT2D eigenvalue weighted by Gasteiger charge is -2.34. The maximum atomic E-state index is 14.2. The average Bonchev–Trinajstić information content (AvgIpc) is 2.86. The third-order valence-electron chi connectivity index (χ3n) is 3.99. The molecular weight excluding hydrogens is 333 g/mol. The monoisotopic (exact) mass is 347 g/mol. The van der Waals surface area contributed by atoms with Gasteiger partial charge < -0.3 is 0 Å². The van der Waals surface area contributed by atoms with Crippen LogP contribution in [0.25, 0.3) is 0 Å². The Labute approximate surface area is 126 Å². The van der Waals surface area contributed by atoms with E-state index in [4.69, 9.17) is 11.6 Å². The predicted molar refractivity (Wildman–Crippen MR) is 78.3 cm³/mol. The van der Waals surface area contributed by atoms with Gasteiger partial charge in [0.1, 0.15) is 0 Å². The number of halogens is 3. The van der Waals surface area contributed by atoms with Gasteiger partial charge in [0.05, 0.1) is 16.1 Å². The quantitative estimate of drug-likeness (QED) is 0.599. The second-order valence-electron chi connectivity index (χ2n) is 5.19. The molecule has 1 fully saturated rings. The van der Waals surface area contributed by atoms with E-state index in [2.05, 4.69) is 15.9 Å². The molecule has 0 aliphatic heterocycles. The summed E-state index contributed by atoms with van der Waals surface area (Å²) >= 11 is 9.03. The lowest BCUT2D eigenvalue weighted by molar-refractivity contribution is 0.0689. The van der Waals surface area contributed by atoms with Crippen LogP contribution in [-0.4, -0.2) is 30.3 Å². The van der Waals surface area contributed by atoms with Gasteiger partial charge in [-0.05, 0) is 55.0 Å². The van der Waals surface area contributed by atoms with Crippen LogP contribution >= 0.6 is 27.5 Å². The van der Waals surface area contributed by atoms with E-state index in [0.29, 0.717) is 4.47 Å². The smallest absolute Gasteiger partial charge is 0.186 e. The second-order valence-corrected chi connectivity index (χ2v) is 6.42. The number of carbonyl (C=O) groups excluding carboxylic acids is 1. The Hall–Kier alpha value is -0.450. The molecule has 5 heteroatoms. The first-order chi connectivity index (χ1) is 8.90. The molecule has 1 aromatic carbocycles. The summed E-state index contributed by atoms with van der Waals surface area (Å²) in [5, 5.41) is -0.0299. The molecule has 0 N–H and O–H groups in total. The number of ketones is 1. The number of benzene rings is 1. The molecule has 104 valence electrons. The molecule has 1 aliphatic carbocycles. The topological polar surface area (TPSA) is 20.3 Å². The van der Waals surface area contributed by atoms with E-state index in [9.17, 15) is 9.18 Å². The summed E-state index contributed by atoms with van der Waals surface area (Å²) in [7, 11) is 3.75. The maximum Gasteiger partial charge on any atom is 0.186 e. The normalized spacial score (nSPS) is 18.0. The van der Waals surface area contributed by atoms with Crippen LogP contribution in [0.5, 0.6) is 0 Å². The number of likely N-dealkylation sites (N-methyl/N-ethyl adjacent to an activating group) is 1. The molecule has 0 aromatic heterocycles. The molecule has 0 unspecified atom stereocenters. The molecule has 0 atom stereocenters. The van der Waals surface area contributed by atoms with E-state index in [0.717, 1.165) is 25.7 Å². The van der Waals surface area contributed by atoms with Crippen LogP contribution in [0.1, 0.15) is 36.0 Å². The second kappa shape index (κ2) is 5.51. The van der Waals surface area contributed by atoms with E-state index in [1.807, 2.05) is 19.0 Å². The summed E-state index contributed by atoms with van der Waals surface area (Å²) in [6, 6.07) is 3.13. The largest absolute Gasteiger partial charge is 0.297 e. The number of hydrogen-bond donors (Lipinski definition) is 0. The summed E-state index contributed by atoms with van der Waals surface area (Å²) < 4.78 is 14.7. The highest BCUT2D eigenvalue weighted by Crippen LogP contribution is 2.38. The standard InChI is InChI=1S/C14H16BrClFNO/c1-18(2)14(7-3-4-8-14)13(19)9-5-6-10(15)11(16)12(9)17/h5-6H,3-4,7-8H2,1-2H3. The predicted octanol–water partition coefficient (Wildman–Crippen LogP) is 4.30. The molecule has 0 amide bonds. The van der Waals surface area contributed by atoms with Crippen LogP contribution in [-0.2, 0) is 0 Å². The van der Waals surface area contributed by atoms with Crippen molar-refractivity contribution in [1.29, 1.82) is 0 Å². The Morgan fingerprint density at radius 1 is 1.37 bits per heavy atom. The van der Waals surface area contributed by atoms with E-state index in [-0.39, 0.29) is 16.4 Å². The van der Waals surface area contributed by atoms with Gasteiger partial charge in [-0.3, -0.25) is 9.69 Å². The van der Waals surface area contributed by atoms with Gasteiger partial charge in [-0.2, -0.15) is 0 Å². The summed E-state index contributed by atoms with van der Waals surface area (Å²) in [6.07, 6.45) is 3.53. The molecule has 1 aliphatic rings. The van der Waals surface area contributed by atoms with E-state index in [1.54, 1.807) is 6.07 Å². The van der Waals surface area contributed by atoms with Crippen molar-refractivity contribution < 1.29 is 9.18 Å². The van der Waals surface area contributed by atoms with Crippen LogP contribution in [0.2, 0.25) is 5.02 Å². The number of hydrogen-bond acceptors (Lipinski definition) is 2. The highest BCUT2D eigenvalue weighted by molar-refractivity contribution is 9.10. The van der Waals surface area contributed by atoms with Crippen LogP contribution in [0.15, 0.2) is 16.6 Å². The van der Waals surface area contributed by atoms with Crippen LogP contribution in [0, 0.1) is 5.82 Å². The minimum atomic E-state index is -0.630. The summed E-state index contributed by atoms with van der Waals surface area (Å²) in [5.74, 6) is -0.795. The van der Waals surface area contributed by atoms with Crippen molar-refractivity contribution in [1.82, 2.24) is 4.90 Å². The Bertz CT molecular complexity index is 512. The van der Waals surface area contributed by atoms with Crippen LogP contribution in [0.4, 0.5) is 4.39 Å². The van der Waals surface area contributed by atoms with Gasteiger partial charge in [0.2, 0.25) is 0 Å². The zero-order chi connectivity index (χ0) is 14.2. The van der Waals surface area contributed by atoms with Crippen molar-refractivity contribution in [3.63, 3.8) is 0 Å². The number of nitrogens with zero attached hydrogens (tertiary/aromatic N) is 1. The molecule has 2 nitrogen and oxygen atoms in total. The van der Waals surface area contributed by atoms with Crippen molar-refractivity contribution in [2.45, 2.75) is 31.2 Å². The van der Waals surface area contributed by atoms with Crippen molar-refractivity contribution >= 4 is 33.3 Å². The van der Waals surface area contributed by atoms with E-state index < -0.39 is 11.4 Å². The van der Waals surface area contributed by atoms with E-state index in [1.165, 1.54) is 6.07 Å². The van der Waals surface area contributed by atoms with E-state index >= 15 is 0 Å². The van der Waals surface area contributed by atoms with Gasteiger partial charge in [0.15, 0.2) is 11.6 Å². The van der Waals surface area contributed by atoms with Crippen molar-refractivity contribution in [3.8, 4) is 0 Å². The maximum absolute atomic E-state index is 14.2. The molecule has 0 saturated heterocycles. The lowest BCUT2D eigenvalue weighted by Crippen LogP contribution is -2.49. The van der Waals surface area contributed by atoms with Gasteiger partial charge >= 0.3 is 0 Å². The minimum absolute atomic E-state index is 0.0299. The zero-order valence-electron chi connectivity index (χ0n) is 11.0. The molecular formula is C14H16BrClFNO. The third kappa shape index (κ3) is 2.46. The minimum Gasteiger partial charge on any atom is -0.297 e. The van der Waals surface area contributed by atoms with Gasteiger partial charge in [-0.15, -0.1) is 0 Å². The first-order valence-corrected chi connectivity index (χ1v) is 7.43. The van der Waals surface area contributed by atoms with Gasteiger partial charge in [-0.25, -0.2) is 4.39 Å². The van der Waals surface area contributed by atoms with Crippen molar-refractivity contribution in [2.24, 2.45) is 0 Å². The molecule has 0 heterocycles. The molecule has 0 bridgehead atoms. The SMILES string of the molecule is CN(C)C1(C(=O)c2ccc(Br)c(Cl)c2F)CCCC1. The Balaban J connectivity index is 2.47. The van der Waals surface area contributed by atoms with Crippen LogP contribution in [0.3, 0.4) is 0 Å². The molecule has 1 aromatic rings. The zero-order valence-corrected chi connectivity index (χ0v) is 13.3. The first kappa shape index (κ1) is 14.9. The fraction of sp³-hybridized carbons (Fsp3) is 0.500. The van der Waals surface area contributed by atoms with Gasteiger partial charge in [0, 0.05) is 4.47 Å². The number of rotatable bonds is 3. The Morgan fingerprint density at radius 3 is 2.47 bits per heavy atom. The van der Waals surface area contributed by atoms with Crippen molar-refractivity contribution in [2.75, 3.05) is 14.1 Å². The summed E-state index contributed by atoms with van der Waals surface area (Å²) in [6.45, 7) is 0. The molecule has 2 rings (SSSR count). The van der Waals surface area contributed by atoms with Crippen molar-refractivity contribution in [3.05, 3.63) is 33.0 Å². The molecule has 0 spiro atoms. The number of carbonyl (C=O) groups is 1. The van der Waals surface area contributed by atoms with Crippen LogP contribution < -0.4 is 0 Å². The third-order valence-corrected chi connectivity index (χ3v) is 5.25. The summed E-state index contributed by atoms with van der Waals surface area (Å²) in [4.78, 5) is 14.7. The fourth-order valence-electron chi connectivity index (χ4n) is 2.79. The Kier molecular flexibility index (Phi) is 4.33. The summed E-state index contributed by atoms with van der Waals surface area (Å²) in [5.41, 5.74) is -0.498. The van der Waals surface area contributed by atoms with Gasteiger partial charge in [0.25, 0.3) is 0 Å². The highest BCUT2D eigenvalue weighted by Gasteiger charge is 2.44.